The van der Waals surface area contributed by atoms with Crippen LogP contribution in [0.5, 0.6) is 0 Å². The maximum absolute atomic E-state index is 11.5. The molecule has 114 valence electrons. The van der Waals surface area contributed by atoms with Gasteiger partial charge in [0.2, 0.25) is 0 Å². The van der Waals surface area contributed by atoms with Crippen LogP contribution in [0.15, 0.2) is 53.5 Å². The standard InChI is InChI=1S/C17H15ClN2O.ClH/c18-13-6-3-5-12(11-13)17(21)14-7-1-2-8-15(14)20-10-4-9-19-16(17)20;/h1-3,5-8,11,21H,4,9-10H2;1H. The molecule has 3 nitrogen and oxygen atoms in total. The molecule has 1 unspecified atom stereocenters. The number of hydrogen-bond acceptors (Lipinski definition) is 3. The molecule has 0 fully saturated rings. The fourth-order valence-electron chi connectivity index (χ4n) is 3.28. The summed E-state index contributed by atoms with van der Waals surface area (Å²) in [6.07, 6.45) is 1.00. The molecule has 0 amide bonds. The number of aliphatic imine (C=N–C) groups is 1. The summed E-state index contributed by atoms with van der Waals surface area (Å²) >= 11 is 6.12. The lowest BCUT2D eigenvalue weighted by molar-refractivity contribution is 0.158. The first-order valence-electron chi connectivity index (χ1n) is 7.11. The second-order valence-electron chi connectivity index (χ2n) is 5.45. The Bertz CT molecular complexity index is 747. The van der Waals surface area contributed by atoms with Gasteiger partial charge in [-0.15, -0.1) is 12.4 Å². The van der Waals surface area contributed by atoms with E-state index in [1.54, 1.807) is 0 Å². The molecule has 1 N–H and O–H groups in total. The van der Waals surface area contributed by atoms with Crippen LogP contribution in [-0.4, -0.2) is 24.0 Å². The number of para-hydroxylation sites is 1. The highest BCUT2D eigenvalue weighted by atomic mass is 35.5. The van der Waals surface area contributed by atoms with E-state index in [0.717, 1.165) is 42.2 Å². The van der Waals surface area contributed by atoms with Crippen LogP contribution in [0, 0.1) is 0 Å². The highest BCUT2D eigenvalue weighted by molar-refractivity contribution is 6.30. The predicted octanol–water partition coefficient (Wildman–Crippen LogP) is 3.62. The number of hydrogen-bond donors (Lipinski definition) is 1. The highest BCUT2D eigenvalue weighted by Crippen LogP contribution is 2.46. The molecular weight excluding hydrogens is 319 g/mol. The van der Waals surface area contributed by atoms with Gasteiger partial charge in [-0.25, -0.2) is 0 Å². The molecule has 0 spiro atoms. The van der Waals surface area contributed by atoms with Crippen LogP contribution >= 0.6 is 24.0 Å². The van der Waals surface area contributed by atoms with Crippen molar-refractivity contribution in [2.45, 2.75) is 12.0 Å². The Balaban J connectivity index is 0.00000144. The first-order valence-corrected chi connectivity index (χ1v) is 7.49. The summed E-state index contributed by atoms with van der Waals surface area (Å²) in [5.41, 5.74) is 1.49. The van der Waals surface area contributed by atoms with Crippen molar-refractivity contribution in [1.82, 2.24) is 0 Å². The Morgan fingerprint density at radius 2 is 1.95 bits per heavy atom. The van der Waals surface area contributed by atoms with Gasteiger partial charge < -0.3 is 10.0 Å². The predicted molar refractivity (Wildman–Crippen MR) is 92.4 cm³/mol. The Morgan fingerprint density at radius 1 is 1.14 bits per heavy atom. The van der Waals surface area contributed by atoms with E-state index in [9.17, 15) is 5.11 Å². The first-order chi connectivity index (χ1) is 10.2. The van der Waals surface area contributed by atoms with E-state index >= 15 is 0 Å². The minimum Gasteiger partial charge on any atom is -0.373 e. The summed E-state index contributed by atoms with van der Waals surface area (Å²) < 4.78 is 0. The summed E-state index contributed by atoms with van der Waals surface area (Å²) in [5, 5.41) is 12.1. The summed E-state index contributed by atoms with van der Waals surface area (Å²) in [6.45, 7) is 1.64. The molecule has 0 saturated carbocycles. The minimum atomic E-state index is -1.21. The molecule has 2 aliphatic heterocycles. The van der Waals surface area contributed by atoms with E-state index in [1.165, 1.54) is 0 Å². The molecule has 4 rings (SSSR count). The largest absolute Gasteiger partial charge is 0.373 e. The van der Waals surface area contributed by atoms with Gasteiger partial charge in [0.15, 0.2) is 5.60 Å². The fourth-order valence-corrected chi connectivity index (χ4v) is 3.47. The van der Waals surface area contributed by atoms with Crippen LogP contribution in [0.3, 0.4) is 0 Å². The van der Waals surface area contributed by atoms with Crippen molar-refractivity contribution in [3.8, 4) is 0 Å². The van der Waals surface area contributed by atoms with Gasteiger partial charge in [0, 0.05) is 29.4 Å². The van der Waals surface area contributed by atoms with Crippen molar-refractivity contribution < 1.29 is 5.11 Å². The summed E-state index contributed by atoms with van der Waals surface area (Å²) in [5.74, 6) is 0.720. The lowest BCUT2D eigenvalue weighted by Crippen LogP contribution is -2.44. The molecular formula is C17H16Cl2N2O. The number of anilines is 1. The fraction of sp³-hybridized carbons (Fsp3) is 0.235. The van der Waals surface area contributed by atoms with Crippen LogP contribution in [-0.2, 0) is 5.60 Å². The Labute approximate surface area is 140 Å². The number of halogens is 2. The molecule has 0 aliphatic carbocycles. The SMILES string of the molecule is Cl.OC1(c2cccc(Cl)c2)C2=NCCCN2c2ccccc21. The van der Waals surface area contributed by atoms with Gasteiger partial charge in [0.25, 0.3) is 0 Å². The number of amidine groups is 1. The maximum Gasteiger partial charge on any atom is 0.174 e. The van der Waals surface area contributed by atoms with Crippen molar-refractivity contribution >= 4 is 35.5 Å². The number of benzene rings is 2. The average molecular weight is 335 g/mol. The van der Waals surface area contributed by atoms with Gasteiger partial charge in [-0.2, -0.15) is 0 Å². The Hall–Kier alpha value is -1.55. The molecule has 2 aromatic carbocycles. The van der Waals surface area contributed by atoms with E-state index < -0.39 is 5.60 Å². The van der Waals surface area contributed by atoms with Crippen LogP contribution in [0.25, 0.3) is 0 Å². The topological polar surface area (TPSA) is 35.8 Å². The normalized spacial score (nSPS) is 22.5. The zero-order chi connectivity index (χ0) is 14.4. The van der Waals surface area contributed by atoms with E-state index in [1.807, 2.05) is 48.5 Å². The van der Waals surface area contributed by atoms with Crippen molar-refractivity contribution in [2.75, 3.05) is 18.0 Å². The number of fused-ring (bicyclic) bond motifs is 3. The van der Waals surface area contributed by atoms with Crippen LogP contribution in [0.4, 0.5) is 5.69 Å². The molecule has 0 radical (unpaired) electrons. The quantitative estimate of drug-likeness (QED) is 0.864. The lowest BCUT2D eigenvalue weighted by Gasteiger charge is -2.30. The van der Waals surface area contributed by atoms with Gasteiger partial charge in [-0.05, 0) is 30.2 Å². The molecule has 2 aromatic rings. The van der Waals surface area contributed by atoms with Crippen LogP contribution in [0.2, 0.25) is 5.02 Å². The number of nitrogens with zero attached hydrogens (tertiary/aromatic N) is 2. The molecule has 2 heterocycles. The van der Waals surface area contributed by atoms with E-state index in [0.29, 0.717) is 5.02 Å². The van der Waals surface area contributed by atoms with Crippen LogP contribution < -0.4 is 4.90 Å². The van der Waals surface area contributed by atoms with E-state index in [2.05, 4.69) is 9.89 Å². The summed E-state index contributed by atoms with van der Waals surface area (Å²) in [7, 11) is 0. The van der Waals surface area contributed by atoms with Gasteiger partial charge in [-0.3, -0.25) is 4.99 Å². The third-order valence-corrected chi connectivity index (χ3v) is 4.44. The lowest BCUT2D eigenvalue weighted by atomic mass is 9.87. The molecule has 5 heteroatoms. The van der Waals surface area contributed by atoms with Crippen molar-refractivity contribution in [3.63, 3.8) is 0 Å². The van der Waals surface area contributed by atoms with Gasteiger partial charge in [-0.1, -0.05) is 41.9 Å². The van der Waals surface area contributed by atoms with Crippen molar-refractivity contribution in [3.05, 3.63) is 64.7 Å². The Morgan fingerprint density at radius 3 is 2.77 bits per heavy atom. The molecule has 22 heavy (non-hydrogen) atoms. The third-order valence-electron chi connectivity index (χ3n) is 4.21. The molecule has 0 saturated heterocycles. The van der Waals surface area contributed by atoms with Crippen LogP contribution in [0.1, 0.15) is 17.5 Å². The summed E-state index contributed by atoms with van der Waals surface area (Å²) in [6, 6.07) is 15.4. The van der Waals surface area contributed by atoms with Crippen molar-refractivity contribution in [1.29, 1.82) is 0 Å². The second kappa shape index (κ2) is 5.58. The minimum absolute atomic E-state index is 0. The smallest absolute Gasteiger partial charge is 0.174 e. The highest BCUT2D eigenvalue weighted by Gasteiger charge is 2.49. The summed E-state index contributed by atoms with van der Waals surface area (Å²) in [4.78, 5) is 6.74. The molecule has 0 bridgehead atoms. The monoisotopic (exact) mass is 334 g/mol. The zero-order valence-electron chi connectivity index (χ0n) is 11.9. The third kappa shape index (κ3) is 2.04. The number of rotatable bonds is 1. The Kier molecular flexibility index (Phi) is 3.89. The van der Waals surface area contributed by atoms with Gasteiger partial charge >= 0.3 is 0 Å². The number of aliphatic hydroxyl groups is 1. The van der Waals surface area contributed by atoms with E-state index in [-0.39, 0.29) is 12.4 Å². The van der Waals surface area contributed by atoms with Gasteiger partial charge in [0.1, 0.15) is 5.84 Å². The maximum atomic E-state index is 11.5. The zero-order valence-corrected chi connectivity index (χ0v) is 13.4. The first kappa shape index (κ1) is 15.3. The van der Waals surface area contributed by atoms with E-state index in [4.69, 9.17) is 11.6 Å². The van der Waals surface area contributed by atoms with Gasteiger partial charge in [0.05, 0.1) is 0 Å². The average Bonchev–Trinajstić information content (AvgIpc) is 2.79. The molecule has 1 atom stereocenters. The van der Waals surface area contributed by atoms with Crippen molar-refractivity contribution in [2.24, 2.45) is 4.99 Å². The molecule has 2 aliphatic rings. The molecule has 0 aromatic heterocycles. The second-order valence-corrected chi connectivity index (χ2v) is 5.88.